The zero-order valence-electron chi connectivity index (χ0n) is 11.7. The minimum atomic E-state index is 0.310. The topological polar surface area (TPSA) is 65.1 Å². The molecule has 1 spiro atoms. The Morgan fingerprint density at radius 2 is 2.29 bits per heavy atom. The van der Waals surface area contributed by atoms with Gasteiger partial charge in [0.05, 0.1) is 10.7 Å². The quantitative estimate of drug-likeness (QED) is 0.905. The number of halogens is 1. The highest BCUT2D eigenvalue weighted by atomic mass is 79.9. The average Bonchev–Trinajstić information content (AvgIpc) is 2.81. The smallest absolute Gasteiger partial charge is 0.204 e. The molecule has 0 bridgehead atoms. The molecule has 2 aromatic rings. The number of hydrogen-bond acceptors (Lipinski definition) is 5. The molecule has 3 heterocycles. The number of nitriles is 1. The summed E-state index contributed by atoms with van der Waals surface area (Å²) in [4.78, 5) is 6.78. The van der Waals surface area contributed by atoms with Crippen molar-refractivity contribution in [2.75, 3.05) is 25.5 Å². The highest BCUT2D eigenvalue weighted by Crippen LogP contribution is 2.49. The van der Waals surface area contributed by atoms with Gasteiger partial charge >= 0.3 is 0 Å². The van der Waals surface area contributed by atoms with Crippen molar-refractivity contribution in [1.82, 2.24) is 9.88 Å². The van der Waals surface area contributed by atoms with Gasteiger partial charge in [-0.15, -0.1) is 0 Å². The first-order valence-electron chi connectivity index (χ1n) is 7.02. The van der Waals surface area contributed by atoms with Gasteiger partial charge in [-0.2, -0.15) is 5.26 Å². The van der Waals surface area contributed by atoms with Gasteiger partial charge in [0.15, 0.2) is 5.58 Å². The van der Waals surface area contributed by atoms with Crippen molar-refractivity contribution in [1.29, 1.82) is 5.26 Å². The lowest BCUT2D eigenvalue weighted by atomic mass is 9.61. The number of anilines is 1. The van der Waals surface area contributed by atoms with Crippen LogP contribution in [0.3, 0.4) is 0 Å². The lowest BCUT2D eigenvalue weighted by molar-refractivity contribution is -0.0513. The van der Waals surface area contributed by atoms with Gasteiger partial charge in [-0.3, -0.25) is 0 Å². The Morgan fingerprint density at radius 3 is 2.95 bits per heavy atom. The van der Waals surface area contributed by atoms with Crippen LogP contribution in [0.1, 0.15) is 18.6 Å². The first-order valence-corrected chi connectivity index (χ1v) is 7.81. The van der Waals surface area contributed by atoms with Crippen LogP contribution >= 0.6 is 15.9 Å². The number of pyridine rings is 1. The van der Waals surface area contributed by atoms with Gasteiger partial charge in [-0.05, 0) is 41.2 Å². The molecule has 2 aromatic heterocycles. The SMILES string of the molecule is CN1CC2(CC(Nc3ncc4oc(C#N)cc4c3Br)C2)C1. The molecule has 2 aliphatic rings. The molecule has 108 valence electrons. The zero-order chi connectivity index (χ0) is 14.6. The minimum Gasteiger partial charge on any atom is -0.444 e. The number of furan rings is 1. The van der Waals surface area contributed by atoms with Gasteiger partial charge in [-0.25, -0.2) is 4.98 Å². The summed E-state index contributed by atoms with van der Waals surface area (Å²) in [5.41, 5.74) is 1.18. The van der Waals surface area contributed by atoms with Crippen LogP contribution in [-0.4, -0.2) is 36.1 Å². The molecular weight excluding hydrogens is 332 g/mol. The standard InChI is InChI=1S/C15H15BrN4O/c1-20-7-15(8-20)3-9(4-15)19-14-13(16)11-2-10(5-17)21-12(11)6-18-14/h2,6,9H,3-4,7-8H2,1H3,(H,18,19). The van der Waals surface area contributed by atoms with E-state index in [0.717, 1.165) is 15.7 Å². The van der Waals surface area contributed by atoms with Crippen LogP contribution in [0, 0.1) is 16.7 Å². The van der Waals surface area contributed by atoms with Gasteiger partial charge in [0, 0.05) is 30.6 Å². The molecule has 1 saturated carbocycles. The van der Waals surface area contributed by atoms with E-state index in [0.29, 0.717) is 22.8 Å². The summed E-state index contributed by atoms with van der Waals surface area (Å²) in [6, 6.07) is 4.25. The van der Waals surface area contributed by atoms with Crippen LogP contribution < -0.4 is 5.32 Å². The van der Waals surface area contributed by atoms with Crippen LogP contribution in [0.2, 0.25) is 0 Å². The van der Waals surface area contributed by atoms with Crippen molar-refractivity contribution in [3.05, 3.63) is 22.5 Å². The van der Waals surface area contributed by atoms with E-state index in [9.17, 15) is 0 Å². The number of rotatable bonds is 2. The largest absolute Gasteiger partial charge is 0.444 e. The van der Waals surface area contributed by atoms with Crippen molar-refractivity contribution in [2.45, 2.75) is 18.9 Å². The Bertz CT molecular complexity index is 749. The molecule has 1 saturated heterocycles. The van der Waals surface area contributed by atoms with Crippen LogP contribution in [-0.2, 0) is 0 Å². The Labute approximate surface area is 131 Å². The molecule has 1 N–H and O–H groups in total. The summed E-state index contributed by atoms with van der Waals surface area (Å²) in [6.07, 6.45) is 4.09. The molecule has 6 heteroatoms. The third-order valence-corrected chi connectivity index (χ3v) is 5.34. The molecule has 2 fully saturated rings. The summed E-state index contributed by atoms with van der Waals surface area (Å²) >= 11 is 3.57. The Kier molecular flexibility index (Phi) is 2.78. The third-order valence-electron chi connectivity index (χ3n) is 4.54. The fourth-order valence-corrected chi connectivity index (χ4v) is 4.30. The third kappa shape index (κ3) is 2.03. The number of nitrogens with zero attached hydrogens (tertiary/aromatic N) is 3. The summed E-state index contributed by atoms with van der Waals surface area (Å²) in [5, 5.41) is 13.3. The Hall–Kier alpha value is -1.58. The number of nitrogens with one attached hydrogen (secondary N) is 1. The molecule has 21 heavy (non-hydrogen) atoms. The number of likely N-dealkylation sites (tertiary alicyclic amines) is 1. The predicted molar refractivity (Wildman–Crippen MR) is 83.0 cm³/mol. The molecule has 1 aliphatic carbocycles. The van der Waals surface area contributed by atoms with Crippen LogP contribution in [0.15, 0.2) is 21.2 Å². The minimum absolute atomic E-state index is 0.310. The lowest BCUT2D eigenvalue weighted by Crippen LogP contribution is -2.63. The van der Waals surface area contributed by atoms with Crippen LogP contribution in [0.5, 0.6) is 0 Å². The molecule has 4 rings (SSSR count). The molecule has 0 atom stereocenters. The van der Waals surface area contributed by atoms with E-state index < -0.39 is 0 Å². The zero-order valence-corrected chi connectivity index (χ0v) is 13.3. The van der Waals surface area contributed by atoms with E-state index >= 15 is 0 Å². The second-order valence-corrected chi connectivity index (χ2v) is 7.14. The summed E-state index contributed by atoms with van der Waals surface area (Å²) in [6.45, 7) is 2.43. The van der Waals surface area contributed by atoms with Crippen LogP contribution in [0.25, 0.3) is 11.0 Å². The van der Waals surface area contributed by atoms with Crippen molar-refractivity contribution < 1.29 is 4.42 Å². The van der Waals surface area contributed by atoms with Crippen molar-refractivity contribution in [3.63, 3.8) is 0 Å². The fraction of sp³-hybridized carbons (Fsp3) is 0.467. The van der Waals surface area contributed by atoms with E-state index in [-0.39, 0.29) is 0 Å². The highest BCUT2D eigenvalue weighted by Gasteiger charge is 2.51. The summed E-state index contributed by atoms with van der Waals surface area (Å²) < 4.78 is 6.25. The molecule has 1 aliphatic heterocycles. The van der Waals surface area contributed by atoms with E-state index in [2.05, 4.69) is 38.2 Å². The summed E-state index contributed by atoms with van der Waals surface area (Å²) in [7, 11) is 2.17. The molecular formula is C15H15BrN4O. The van der Waals surface area contributed by atoms with Gasteiger partial charge in [0.2, 0.25) is 5.76 Å². The predicted octanol–water partition coefficient (Wildman–Crippen LogP) is 2.97. The molecule has 0 amide bonds. The summed E-state index contributed by atoms with van der Waals surface area (Å²) in [5.74, 6) is 1.14. The van der Waals surface area contributed by atoms with Crippen molar-refractivity contribution in [3.8, 4) is 6.07 Å². The van der Waals surface area contributed by atoms with E-state index in [1.807, 2.05) is 6.07 Å². The fourth-order valence-electron chi connectivity index (χ4n) is 3.77. The highest BCUT2D eigenvalue weighted by molar-refractivity contribution is 9.10. The number of fused-ring (bicyclic) bond motifs is 1. The maximum Gasteiger partial charge on any atom is 0.204 e. The second kappa shape index (κ2) is 4.46. The first kappa shape index (κ1) is 13.1. The molecule has 0 radical (unpaired) electrons. The van der Waals surface area contributed by atoms with E-state index in [4.69, 9.17) is 9.68 Å². The number of hydrogen-bond donors (Lipinski definition) is 1. The van der Waals surface area contributed by atoms with Gasteiger partial charge in [-0.1, -0.05) is 0 Å². The Balaban J connectivity index is 1.52. The molecule has 5 nitrogen and oxygen atoms in total. The Morgan fingerprint density at radius 1 is 1.52 bits per heavy atom. The van der Waals surface area contributed by atoms with Crippen LogP contribution in [0.4, 0.5) is 5.82 Å². The van der Waals surface area contributed by atoms with E-state index in [1.54, 1.807) is 12.3 Å². The molecule has 0 aromatic carbocycles. The second-order valence-electron chi connectivity index (χ2n) is 6.34. The molecule has 0 unspecified atom stereocenters. The van der Waals surface area contributed by atoms with E-state index in [1.165, 1.54) is 25.9 Å². The van der Waals surface area contributed by atoms with Gasteiger partial charge in [0.25, 0.3) is 0 Å². The lowest BCUT2D eigenvalue weighted by Gasteiger charge is -2.58. The maximum absolute atomic E-state index is 8.90. The maximum atomic E-state index is 8.90. The normalized spacial score (nSPS) is 21.0. The van der Waals surface area contributed by atoms with Crippen molar-refractivity contribution >= 4 is 32.7 Å². The monoisotopic (exact) mass is 346 g/mol. The first-order chi connectivity index (χ1) is 10.1. The van der Waals surface area contributed by atoms with Crippen molar-refractivity contribution in [2.24, 2.45) is 5.41 Å². The number of aromatic nitrogens is 1. The average molecular weight is 347 g/mol. The van der Waals surface area contributed by atoms with Gasteiger partial charge < -0.3 is 14.6 Å². The van der Waals surface area contributed by atoms with Gasteiger partial charge in [0.1, 0.15) is 11.9 Å².